The van der Waals surface area contributed by atoms with Gasteiger partial charge >= 0.3 is 5.97 Å². The van der Waals surface area contributed by atoms with Crippen LogP contribution in [0.4, 0.5) is 0 Å². The van der Waals surface area contributed by atoms with E-state index in [1.807, 2.05) is 18.2 Å². The smallest absolute Gasteiger partial charge is 0.308 e. The van der Waals surface area contributed by atoms with Gasteiger partial charge in [-0.15, -0.1) is 0 Å². The Labute approximate surface area is 129 Å². The fourth-order valence-electron chi connectivity index (χ4n) is 2.73. The van der Waals surface area contributed by atoms with E-state index in [4.69, 9.17) is 4.74 Å². The van der Waals surface area contributed by atoms with Crippen LogP contribution in [0.5, 0.6) is 5.75 Å². The summed E-state index contributed by atoms with van der Waals surface area (Å²) in [5, 5.41) is 0. The molecular weight excluding hydrogens is 278 g/mol. The lowest BCUT2D eigenvalue weighted by atomic mass is 9.99. The second-order valence-electron chi connectivity index (χ2n) is 5.34. The highest BCUT2D eigenvalue weighted by Crippen LogP contribution is 2.24. The Morgan fingerprint density at radius 2 is 1.68 bits per heavy atom. The van der Waals surface area contributed by atoms with Crippen molar-refractivity contribution in [3.8, 4) is 5.75 Å². The minimum Gasteiger partial charge on any atom is -0.426 e. The van der Waals surface area contributed by atoms with Gasteiger partial charge in [-0.3, -0.25) is 9.59 Å². The summed E-state index contributed by atoms with van der Waals surface area (Å²) in [5.41, 5.74) is 2.89. The number of hydrogen-bond donors (Lipinski definition) is 0. The van der Waals surface area contributed by atoms with Crippen LogP contribution in [0.1, 0.15) is 28.4 Å². The van der Waals surface area contributed by atoms with Crippen LogP contribution in [0.15, 0.2) is 48.5 Å². The number of esters is 1. The molecule has 0 spiro atoms. The zero-order chi connectivity index (χ0) is 15.5. The molecule has 112 valence electrons. The average molecular weight is 295 g/mol. The number of benzene rings is 2. The Kier molecular flexibility index (Phi) is 3.92. The van der Waals surface area contributed by atoms with Gasteiger partial charge in [0.15, 0.2) is 0 Å². The van der Waals surface area contributed by atoms with Crippen molar-refractivity contribution in [2.24, 2.45) is 0 Å². The zero-order valence-electron chi connectivity index (χ0n) is 12.4. The summed E-state index contributed by atoms with van der Waals surface area (Å²) in [4.78, 5) is 25.7. The first-order valence-electron chi connectivity index (χ1n) is 7.28. The Morgan fingerprint density at radius 3 is 2.45 bits per heavy atom. The van der Waals surface area contributed by atoms with Gasteiger partial charge in [0.1, 0.15) is 5.75 Å². The van der Waals surface area contributed by atoms with E-state index in [1.54, 1.807) is 29.2 Å². The largest absolute Gasteiger partial charge is 0.426 e. The molecule has 0 saturated carbocycles. The Bertz CT molecular complexity index is 724. The molecule has 4 heteroatoms. The maximum Gasteiger partial charge on any atom is 0.308 e. The molecule has 2 aromatic carbocycles. The van der Waals surface area contributed by atoms with E-state index < -0.39 is 5.97 Å². The van der Waals surface area contributed by atoms with Crippen LogP contribution in [-0.4, -0.2) is 23.3 Å². The number of nitrogens with zero attached hydrogens (tertiary/aromatic N) is 1. The lowest BCUT2D eigenvalue weighted by molar-refractivity contribution is -0.131. The van der Waals surface area contributed by atoms with Gasteiger partial charge in [0.05, 0.1) is 5.56 Å². The quantitative estimate of drug-likeness (QED) is 0.632. The standard InChI is InChI=1S/C18H17NO3/c1-13(20)22-17-9-5-4-8-16(17)18(21)19-11-10-14-6-2-3-7-15(14)12-19/h2-9H,10-12H2,1H3. The summed E-state index contributed by atoms with van der Waals surface area (Å²) >= 11 is 0. The van der Waals surface area contributed by atoms with Crippen molar-refractivity contribution in [2.45, 2.75) is 19.9 Å². The third-order valence-electron chi connectivity index (χ3n) is 3.79. The van der Waals surface area contributed by atoms with Crippen LogP contribution in [0.25, 0.3) is 0 Å². The van der Waals surface area contributed by atoms with E-state index in [9.17, 15) is 9.59 Å². The van der Waals surface area contributed by atoms with Crippen LogP contribution < -0.4 is 4.74 Å². The van der Waals surface area contributed by atoms with Crippen LogP contribution in [0, 0.1) is 0 Å². The fourth-order valence-corrected chi connectivity index (χ4v) is 2.73. The van der Waals surface area contributed by atoms with E-state index >= 15 is 0 Å². The number of amides is 1. The minimum atomic E-state index is -0.427. The highest BCUT2D eigenvalue weighted by atomic mass is 16.5. The third kappa shape index (κ3) is 2.86. The molecular formula is C18H17NO3. The molecule has 0 aliphatic carbocycles. The molecule has 1 aliphatic rings. The van der Waals surface area contributed by atoms with E-state index in [-0.39, 0.29) is 5.91 Å². The van der Waals surface area contributed by atoms with Crippen molar-refractivity contribution in [1.82, 2.24) is 4.90 Å². The Morgan fingerprint density at radius 1 is 1.00 bits per heavy atom. The topological polar surface area (TPSA) is 46.6 Å². The fraction of sp³-hybridized carbons (Fsp3) is 0.222. The lowest BCUT2D eigenvalue weighted by Crippen LogP contribution is -2.36. The highest BCUT2D eigenvalue weighted by molar-refractivity contribution is 5.97. The summed E-state index contributed by atoms with van der Waals surface area (Å²) in [6.45, 7) is 2.59. The molecule has 1 amide bonds. The van der Waals surface area contributed by atoms with Crippen LogP contribution in [-0.2, 0) is 17.8 Å². The van der Waals surface area contributed by atoms with Gasteiger partial charge in [0, 0.05) is 20.0 Å². The molecule has 0 bridgehead atoms. The first-order valence-corrected chi connectivity index (χ1v) is 7.28. The van der Waals surface area contributed by atoms with Crippen molar-refractivity contribution >= 4 is 11.9 Å². The van der Waals surface area contributed by atoms with Gasteiger partial charge in [-0.2, -0.15) is 0 Å². The molecule has 1 aliphatic heterocycles. The number of para-hydroxylation sites is 1. The van der Waals surface area contributed by atoms with Crippen LogP contribution in [0.3, 0.4) is 0 Å². The SMILES string of the molecule is CC(=O)Oc1ccccc1C(=O)N1CCc2ccccc2C1. The van der Waals surface area contributed by atoms with E-state index in [0.717, 1.165) is 6.42 Å². The summed E-state index contributed by atoms with van der Waals surface area (Å²) in [6, 6.07) is 15.0. The van der Waals surface area contributed by atoms with Crippen molar-refractivity contribution in [3.05, 3.63) is 65.2 Å². The molecule has 4 nitrogen and oxygen atoms in total. The predicted molar refractivity (Wildman–Crippen MR) is 82.6 cm³/mol. The summed E-state index contributed by atoms with van der Waals surface area (Å²) in [7, 11) is 0. The normalized spacial score (nSPS) is 13.4. The molecule has 0 N–H and O–H groups in total. The Hall–Kier alpha value is -2.62. The van der Waals surface area contributed by atoms with Crippen molar-refractivity contribution in [1.29, 1.82) is 0 Å². The second kappa shape index (κ2) is 6.02. The minimum absolute atomic E-state index is 0.105. The zero-order valence-corrected chi connectivity index (χ0v) is 12.4. The molecule has 0 fully saturated rings. The summed E-state index contributed by atoms with van der Waals surface area (Å²) in [6.07, 6.45) is 0.845. The number of hydrogen-bond acceptors (Lipinski definition) is 3. The highest BCUT2D eigenvalue weighted by Gasteiger charge is 2.24. The molecule has 0 unspecified atom stereocenters. The van der Waals surface area contributed by atoms with Crippen LogP contribution in [0.2, 0.25) is 0 Å². The van der Waals surface area contributed by atoms with Gasteiger partial charge < -0.3 is 9.64 Å². The maximum absolute atomic E-state index is 12.7. The molecule has 3 rings (SSSR count). The molecule has 2 aromatic rings. The Balaban J connectivity index is 1.85. The number of ether oxygens (including phenoxy) is 1. The van der Waals surface area contributed by atoms with Crippen molar-refractivity contribution in [3.63, 3.8) is 0 Å². The maximum atomic E-state index is 12.7. The predicted octanol–water partition coefficient (Wildman–Crippen LogP) is 2.81. The summed E-state index contributed by atoms with van der Waals surface area (Å²) in [5.74, 6) is -0.213. The first kappa shape index (κ1) is 14.3. The van der Waals surface area contributed by atoms with E-state index in [2.05, 4.69) is 6.07 Å². The molecule has 22 heavy (non-hydrogen) atoms. The number of carbonyl (C=O) groups is 2. The van der Waals surface area contributed by atoms with Gasteiger partial charge in [0.25, 0.3) is 5.91 Å². The van der Waals surface area contributed by atoms with E-state index in [0.29, 0.717) is 24.4 Å². The second-order valence-corrected chi connectivity index (χ2v) is 5.34. The first-order chi connectivity index (χ1) is 10.6. The summed E-state index contributed by atoms with van der Waals surface area (Å²) < 4.78 is 5.14. The average Bonchev–Trinajstić information content (AvgIpc) is 2.54. The lowest BCUT2D eigenvalue weighted by Gasteiger charge is -2.29. The molecule has 0 saturated heterocycles. The third-order valence-corrected chi connectivity index (χ3v) is 3.79. The number of fused-ring (bicyclic) bond motifs is 1. The number of carbonyl (C=O) groups excluding carboxylic acids is 2. The molecule has 0 aromatic heterocycles. The van der Waals surface area contributed by atoms with Gasteiger partial charge in [0.2, 0.25) is 0 Å². The number of rotatable bonds is 2. The molecule has 1 heterocycles. The molecule has 0 radical (unpaired) electrons. The van der Waals surface area contributed by atoms with Gasteiger partial charge in [-0.25, -0.2) is 0 Å². The van der Waals surface area contributed by atoms with Gasteiger partial charge in [-0.05, 0) is 29.7 Å². The van der Waals surface area contributed by atoms with Gasteiger partial charge in [-0.1, -0.05) is 36.4 Å². The monoisotopic (exact) mass is 295 g/mol. The van der Waals surface area contributed by atoms with Crippen LogP contribution >= 0.6 is 0 Å². The van der Waals surface area contributed by atoms with Crippen molar-refractivity contribution in [2.75, 3.05) is 6.54 Å². The van der Waals surface area contributed by atoms with Crippen molar-refractivity contribution < 1.29 is 14.3 Å². The molecule has 0 atom stereocenters. The van der Waals surface area contributed by atoms with E-state index in [1.165, 1.54) is 18.1 Å².